The molecule has 1 spiro atoms. The summed E-state index contributed by atoms with van der Waals surface area (Å²) in [7, 11) is 0. The van der Waals surface area contributed by atoms with Gasteiger partial charge in [-0.2, -0.15) is 0 Å². The zero-order chi connectivity index (χ0) is 26.3. The fourth-order valence-corrected chi connectivity index (χ4v) is 5.79. The number of ether oxygens (including phenoxy) is 2. The standard InChI is InChI=1S/C30H31NO5S/c1-17(3-4-18(2)16-31)11-22(37)12-19-5-8-24-23(13-19)29(34)36-30(24)25-9-6-20(32)14-27(25)35-28-15-21(33)7-10-26(28)30/h5-10,13-15,17-18,32-33H,3-4,11-12,16,31H2,1-2H3. The van der Waals surface area contributed by atoms with Crippen LogP contribution in [0.15, 0.2) is 54.6 Å². The lowest BCUT2D eigenvalue weighted by Gasteiger charge is -2.36. The molecule has 2 aliphatic rings. The highest BCUT2D eigenvalue weighted by Crippen LogP contribution is 2.57. The first-order chi connectivity index (χ1) is 17.7. The molecule has 0 aliphatic carbocycles. The van der Waals surface area contributed by atoms with Crippen LogP contribution in [0.2, 0.25) is 0 Å². The highest BCUT2D eigenvalue weighted by Gasteiger charge is 2.53. The maximum Gasteiger partial charge on any atom is 0.340 e. The first-order valence-electron chi connectivity index (χ1n) is 12.6. The van der Waals surface area contributed by atoms with Gasteiger partial charge in [0.2, 0.25) is 0 Å². The summed E-state index contributed by atoms with van der Waals surface area (Å²) < 4.78 is 12.2. The van der Waals surface area contributed by atoms with E-state index in [1.165, 1.54) is 12.1 Å². The van der Waals surface area contributed by atoms with Gasteiger partial charge in [-0.15, -0.1) is 0 Å². The molecule has 3 aromatic rings. The average molecular weight is 518 g/mol. The SMILES string of the molecule is CC(CN)CCC(C)CC(=S)Cc1ccc2c(c1)C(=O)OC21c2ccc(O)cc2Oc2cc(O)ccc21. The Morgan fingerprint density at radius 3 is 2.14 bits per heavy atom. The fourth-order valence-electron chi connectivity index (χ4n) is 5.34. The van der Waals surface area contributed by atoms with Crippen molar-refractivity contribution in [3.8, 4) is 23.0 Å². The average Bonchev–Trinajstić information content (AvgIpc) is 3.14. The van der Waals surface area contributed by atoms with E-state index in [9.17, 15) is 15.0 Å². The zero-order valence-electron chi connectivity index (χ0n) is 21.0. The van der Waals surface area contributed by atoms with Crippen molar-refractivity contribution in [3.05, 3.63) is 82.4 Å². The summed E-state index contributed by atoms with van der Waals surface area (Å²) in [6, 6.07) is 15.3. The van der Waals surface area contributed by atoms with E-state index in [4.69, 9.17) is 27.4 Å². The summed E-state index contributed by atoms with van der Waals surface area (Å²) in [4.78, 5) is 14.2. The van der Waals surface area contributed by atoms with Crippen molar-refractivity contribution in [2.75, 3.05) is 6.54 Å². The number of phenols is 2. The van der Waals surface area contributed by atoms with Gasteiger partial charge in [-0.3, -0.25) is 0 Å². The molecule has 0 radical (unpaired) electrons. The van der Waals surface area contributed by atoms with E-state index >= 15 is 0 Å². The molecule has 2 unspecified atom stereocenters. The van der Waals surface area contributed by atoms with Crippen LogP contribution >= 0.6 is 12.2 Å². The molecule has 0 fully saturated rings. The van der Waals surface area contributed by atoms with Crippen molar-refractivity contribution in [3.63, 3.8) is 0 Å². The molecule has 7 heteroatoms. The van der Waals surface area contributed by atoms with Crippen molar-refractivity contribution in [1.82, 2.24) is 0 Å². The number of benzene rings is 3. The van der Waals surface area contributed by atoms with E-state index in [2.05, 4.69) is 13.8 Å². The molecular formula is C30H31NO5S. The fraction of sp³-hybridized carbons (Fsp3) is 0.333. The molecule has 0 amide bonds. The van der Waals surface area contributed by atoms with Crippen LogP contribution in [-0.4, -0.2) is 27.6 Å². The second-order valence-corrected chi connectivity index (χ2v) is 10.9. The van der Waals surface area contributed by atoms with E-state index in [1.54, 1.807) is 24.3 Å². The van der Waals surface area contributed by atoms with Gasteiger partial charge in [0.25, 0.3) is 0 Å². The Morgan fingerprint density at radius 1 is 0.919 bits per heavy atom. The number of esters is 1. The minimum atomic E-state index is -1.25. The summed E-state index contributed by atoms with van der Waals surface area (Å²) in [6.45, 7) is 5.09. The van der Waals surface area contributed by atoms with Gasteiger partial charge in [0, 0.05) is 35.2 Å². The molecule has 192 valence electrons. The normalized spacial score (nSPS) is 16.2. The molecule has 4 N–H and O–H groups in total. The van der Waals surface area contributed by atoms with Crippen molar-refractivity contribution in [1.29, 1.82) is 0 Å². The zero-order valence-corrected chi connectivity index (χ0v) is 21.8. The second-order valence-electron chi connectivity index (χ2n) is 10.4. The molecule has 37 heavy (non-hydrogen) atoms. The monoisotopic (exact) mass is 517 g/mol. The smallest absolute Gasteiger partial charge is 0.340 e. The van der Waals surface area contributed by atoms with Gasteiger partial charge in [0.05, 0.1) is 5.56 Å². The molecule has 0 saturated carbocycles. The maximum atomic E-state index is 13.3. The number of phenolic OH excluding ortho intramolecular Hbond substituents is 2. The first kappa shape index (κ1) is 25.2. The number of rotatable bonds is 8. The molecule has 0 bridgehead atoms. The van der Waals surface area contributed by atoms with Crippen LogP contribution in [0, 0.1) is 11.8 Å². The molecule has 0 aromatic heterocycles. The minimum absolute atomic E-state index is 0.0256. The van der Waals surface area contributed by atoms with Crippen molar-refractivity contribution < 1.29 is 24.5 Å². The molecule has 2 aliphatic heterocycles. The lowest BCUT2D eigenvalue weighted by molar-refractivity contribution is 0.0224. The number of nitrogens with two attached hydrogens (primary N) is 1. The molecule has 3 aromatic carbocycles. The lowest BCUT2D eigenvalue weighted by atomic mass is 9.77. The molecule has 5 rings (SSSR count). The molecule has 2 heterocycles. The third-order valence-corrected chi connectivity index (χ3v) is 7.68. The Morgan fingerprint density at radius 2 is 1.51 bits per heavy atom. The Hall–Kier alpha value is -3.42. The summed E-state index contributed by atoms with van der Waals surface area (Å²) >= 11 is 5.72. The lowest BCUT2D eigenvalue weighted by Crippen LogP contribution is -2.32. The molecular weight excluding hydrogens is 486 g/mol. The maximum absolute atomic E-state index is 13.3. The van der Waals surface area contributed by atoms with Crippen LogP contribution in [-0.2, 0) is 16.8 Å². The topological polar surface area (TPSA) is 102 Å². The number of hydrogen-bond donors (Lipinski definition) is 3. The number of thiocarbonyl (C=S) groups is 1. The van der Waals surface area contributed by atoms with Crippen LogP contribution < -0.4 is 10.5 Å². The van der Waals surface area contributed by atoms with Crippen LogP contribution in [0.1, 0.15) is 65.7 Å². The van der Waals surface area contributed by atoms with E-state index in [0.29, 0.717) is 58.6 Å². The Bertz CT molecular complexity index is 1330. The van der Waals surface area contributed by atoms with Gasteiger partial charge in [0.15, 0.2) is 5.60 Å². The van der Waals surface area contributed by atoms with Gasteiger partial charge >= 0.3 is 5.97 Å². The molecule has 2 atom stereocenters. The summed E-state index contributed by atoms with van der Waals surface area (Å²) in [5.74, 6) is 1.33. The van der Waals surface area contributed by atoms with Crippen LogP contribution in [0.25, 0.3) is 0 Å². The molecule has 0 saturated heterocycles. The Labute approximate surface area is 222 Å². The van der Waals surface area contributed by atoms with Crippen LogP contribution in [0.4, 0.5) is 0 Å². The third kappa shape index (κ3) is 4.58. The van der Waals surface area contributed by atoms with Gasteiger partial charge in [-0.1, -0.05) is 44.6 Å². The largest absolute Gasteiger partial charge is 0.508 e. The van der Waals surface area contributed by atoms with Crippen molar-refractivity contribution >= 4 is 23.1 Å². The third-order valence-electron chi connectivity index (χ3n) is 7.37. The highest BCUT2D eigenvalue weighted by atomic mass is 32.1. The predicted molar refractivity (Wildman–Crippen MR) is 146 cm³/mol. The minimum Gasteiger partial charge on any atom is -0.508 e. The second kappa shape index (κ2) is 9.80. The number of hydrogen-bond acceptors (Lipinski definition) is 7. The van der Waals surface area contributed by atoms with Crippen molar-refractivity contribution in [2.45, 2.75) is 45.1 Å². The van der Waals surface area contributed by atoms with Crippen LogP contribution in [0.3, 0.4) is 0 Å². The number of fused-ring (bicyclic) bond motifs is 6. The Balaban J connectivity index is 1.47. The summed E-state index contributed by atoms with van der Waals surface area (Å²) in [6.07, 6.45) is 3.64. The Kier molecular flexibility index (Phi) is 6.68. The quantitative estimate of drug-likeness (QED) is 0.250. The predicted octanol–water partition coefficient (Wildman–Crippen LogP) is 5.98. The summed E-state index contributed by atoms with van der Waals surface area (Å²) in [5.41, 5.74) is 7.85. The first-order valence-corrected chi connectivity index (χ1v) is 13.1. The van der Waals surface area contributed by atoms with Crippen molar-refractivity contribution in [2.24, 2.45) is 17.6 Å². The van der Waals surface area contributed by atoms with E-state index in [1.807, 2.05) is 18.2 Å². The van der Waals surface area contributed by atoms with Crippen LogP contribution in [0.5, 0.6) is 23.0 Å². The van der Waals surface area contributed by atoms with E-state index in [-0.39, 0.29) is 11.5 Å². The highest BCUT2D eigenvalue weighted by molar-refractivity contribution is 7.80. The van der Waals surface area contributed by atoms with E-state index in [0.717, 1.165) is 29.7 Å². The van der Waals surface area contributed by atoms with Gasteiger partial charge in [0.1, 0.15) is 23.0 Å². The molecule has 6 nitrogen and oxygen atoms in total. The van der Waals surface area contributed by atoms with Gasteiger partial charge in [-0.25, -0.2) is 4.79 Å². The number of carbonyl (C=O) groups is 1. The summed E-state index contributed by atoms with van der Waals surface area (Å²) in [5, 5.41) is 20.1. The van der Waals surface area contributed by atoms with E-state index < -0.39 is 11.6 Å². The number of carbonyl (C=O) groups excluding carboxylic acids is 1. The number of aromatic hydroxyl groups is 2. The van der Waals surface area contributed by atoms with Gasteiger partial charge < -0.3 is 25.4 Å². The van der Waals surface area contributed by atoms with Gasteiger partial charge in [-0.05, 0) is 72.0 Å².